The van der Waals surface area contributed by atoms with Gasteiger partial charge in [0.1, 0.15) is 19.3 Å². The molecule has 10 heteroatoms. The van der Waals surface area contributed by atoms with Gasteiger partial charge in [-0.15, -0.1) is 0 Å². The lowest BCUT2D eigenvalue weighted by Crippen LogP contribution is -2.47. The molecular weight excluding hydrogens is 940 g/mol. The first-order valence-electron chi connectivity index (χ1n) is 31.5. The third-order valence-electron chi connectivity index (χ3n) is 14.1. The number of phosphoric ester groups is 1. The minimum absolute atomic E-state index is 0.0385. The molecule has 2 N–H and O–H groups in total. The Bertz CT molecular complexity index is 1410. The van der Waals surface area contributed by atoms with E-state index in [1.165, 1.54) is 186 Å². The Morgan fingerprint density at radius 3 is 1.28 bits per heavy atom. The van der Waals surface area contributed by atoms with Gasteiger partial charge in [0.2, 0.25) is 5.91 Å². The first kappa shape index (κ1) is 72.0. The predicted molar refractivity (Wildman–Crippen MR) is 319 cm³/mol. The second-order valence-corrected chi connectivity index (χ2v) is 24.1. The van der Waals surface area contributed by atoms with Gasteiger partial charge < -0.3 is 19.4 Å². The van der Waals surface area contributed by atoms with E-state index in [-0.39, 0.29) is 25.1 Å². The highest BCUT2D eigenvalue weighted by atomic mass is 31.2. The average Bonchev–Trinajstić information content (AvgIpc) is 3.36. The van der Waals surface area contributed by atoms with Crippen molar-refractivity contribution in [2.75, 3.05) is 40.9 Å². The number of carbonyl (C=O) groups excluding carboxylic acids is 2. The normalized spacial score (nSPS) is 14.0. The van der Waals surface area contributed by atoms with Crippen LogP contribution < -0.4 is 5.32 Å². The number of hydrogen-bond donors (Lipinski definition) is 2. The first-order chi connectivity index (χ1) is 35.9. The molecule has 3 atom stereocenters. The number of quaternary nitrogens is 1. The molecule has 0 aromatic heterocycles. The molecule has 0 fully saturated rings. The van der Waals surface area contributed by atoms with Crippen LogP contribution in [0.2, 0.25) is 0 Å². The highest BCUT2D eigenvalue weighted by Gasteiger charge is 2.30. The summed E-state index contributed by atoms with van der Waals surface area (Å²) in [5.74, 6) is -0.508. The van der Waals surface area contributed by atoms with Crippen molar-refractivity contribution < 1.29 is 37.3 Å². The van der Waals surface area contributed by atoms with Crippen molar-refractivity contribution in [2.24, 2.45) is 0 Å². The first-order valence-corrected chi connectivity index (χ1v) is 33.0. The summed E-state index contributed by atoms with van der Waals surface area (Å²) >= 11 is 0. The van der Waals surface area contributed by atoms with E-state index >= 15 is 0 Å². The lowest BCUT2D eigenvalue weighted by atomic mass is 10.0. The molecular formula is C64H122N2O7P+. The monoisotopic (exact) mass is 1060 g/mol. The maximum absolute atomic E-state index is 13.5. The van der Waals surface area contributed by atoms with E-state index in [9.17, 15) is 19.0 Å². The van der Waals surface area contributed by atoms with Crippen LogP contribution in [0.4, 0.5) is 0 Å². The summed E-state index contributed by atoms with van der Waals surface area (Å²) in [4.78, 5) is 37.7. The number of carbonyl (C=O) groups is 2. The number of allylic oxidation sites excluding steroid dienone is 7. The number of unbranched alkanes of at least 4 members (excludes halogenated alkanes) is 37. The van der Waals surface area contributed by atoms with Crippen LogP contribution in [0.15, 0.2) is 48.6 Å². The van der Waals surface area contributed by atoms with Gasteiger partial charge in [-0.05, 0) is 51.0 Å². The Morgan fingerprint density at radius 2 is 0.865 bits per heavy atom. The lowest BCUT2D eigenvalue weighted by molar-refractivity contribution is -0.870. The maximum Gasteiger partial charge on any atom is 0.472 e. The van der Waals surface area contributed by atoms with Gasteiger partial charge >= 0.3 is 13.8 Å². The van der Waals surface area contributed by atoms with Gasteiger partial charge in [-0.25, -0.2) is 4.57 Å². The predicted octanol–water partition coefficient (Wildman–Crippen LogP) is 19.3. The van der Waals surface area contributed by atoms with E-state index < -0.39 is 20.0 Å². The van der Waals surface area contributed by atoms with Gasteiger partial charge in [0.25, 0.3) is 0 Å². The molecule has 0 aliphatic rings. The van der Waals surface area contributed by atoms with Crippen molar-refractivity contribution in [3.05, 3.63) is 48.6 Å². The summed E-state index contributed by atoms with van der Waals surface area (Å²) in [7, 11) is 1.49. The standard InChI is InChI=1S/C64H121N2O7P/c1-7-10-13-16-19-22-25-28-30-31-32-33-34-35-37-39-42-45-48-51-54-57-64(68)73-62(55-52-49-46-43-40-27-24-21-18-15-12-9-3)61(60-72-74(69,70)71-59-58-66(4,5)6)65-63(67)56-53-50-47-44-41-38-36-29-26-23-20-17-14-11-8-2/h11,14,17,20,23,26,52,55,61-62H,7-10,12-13,15-16,18-19,21-22,24-25,27-51,53-54,56-60H2,1-6H3,(H-,65,67,69,70)/p+1/b14-11+,20-17+,26-23+,55-52-. The molecule has 0 aromatic carbocycles. The third-order valence-corrected chi connectivity index (χ3v) is 15.1. The SMILES string of the molecule is CC/C=C/C=C/C=C/CCCCCCCCCC(=O)NC(COP(=O)(O)OCC[N+](C)(C)C)C(/C=C\CCCCCCCCCCCC)OC(=O)CCCCCCCCCCCCCCCCCCCCCCC. The van der Waals surface area contributed by atoms with Crippen LogP contribution in [0.5, 0.6) is 0 Å². The van der Waals surface area contributed by atoms with E-state index in [0.717, 1.165) is 77.0 Å². The molecule has 0 bridgehead atoms. The Hall–Kier alpha value is -2.03. The van der Waals surface area contributed by atoms with Gasteiger partial charge in [-0.2, -0.15) is 0 Å². The summed E-state index contributed by atoms with van der Waals surface area (Å²) in [6.07, 6.45) is 66.8. The number of rotatable bonds is 57. The lowest BCUT2D eigenvalue weighted by Gasteiger charge is -2.27. The van der Waals surface area contributed by atoms with Gasteiger partial charge in [0, 0.05) is 12.8 Å². The van der Waals surface area contributed by atoms with Gasteiger partial charge in [0.15, 0.2) is 0 Å². The van der Waals surface area contributed by atoms with Gasteiger partial charge in [-0.3, -0.25) is 18.6 Å². The largest absolute Gasteiger partial charge is 0.472 e. The minimum atomic E-state index is -4.45. The number of nitrogens with zero attached hydrogens (tertiary/aromatic N) is 1. The third kappa shape index (κ3) is 54.7. The van der Waals surface area contributed by atoms with Crippen LogP contribution in [0.1, 0.15) is 297 Å². The quantitative estimate of drug-likeness (QED) is 0.0156. The second kappa shape index (κ2) is 54.3. The summed E-state index contributed by atoms with van der Waals surface area (Å²) in [5, 5.41) is 3.05. The molecule has 0 aromatic rings. The zero-order chi connectivity index (χ0) is 54.3. The van der Waals surface area contributed by atoms with Crippen molar-refractivity contribution in [1.82, 2.24) is 5.32 Å². The maximum atomic E-state index is 13.5. The van der Waals surface area contributed by atoms with Crippen LogP contribution in [-0.4, -0.2) is 74.3 Å². The molecule has 0 aliphatic heterocycles. The summed E-state index contributed by atoms with van der Waals surface area (Å²) in [6, 6.07) is -0.852. The minimum Gasteiger partial charge on any atom is -0.456 e. The van der Waals surface area contributed by atoms with E-state index in [1.807, 2.05) is 33.3 Å². The number of likely N-dealkylation sites (N-methyl/N-ethyl adjacent to an activating group) is 1. The van der Waals surface area contributed by atoms with Gasteiger partial charge in [-0.1, -0.05) is 282 Å². The van der Waals surface area contributed by atoms with E-state index in [1.54, 1.807) is 0 Å². The Kier molecular flexibility index (Phi) is 52.8. The molecule has 74 heavy (non-hydrogen) atoms. The number of nitrogens with one attached hydrogen (secondary N) is 1. The van der Waals surface area contributed by atoms with Crippen LogP contribution in [-0.2, 0) is 27.9 Å². The van der Waals surface area contributed by atoms with Crippen molar-refractivity contribution in [2.45, 2.75) is 309 Å². The summed E-state index contributed by atoms with van der Waals surface area (Å²) in [5.41, 5.74) is 0. The van der Waals surface area contributed by atoms with Crippen LogP contribution >= 0.6 is 7.82 Å². The van der Waals surface area contributed by atoms with Crippen LogP contribution in [0, 0.1) is 0 Å². The fraction of sp³-hybridized carbons (Fsp3) is 0.844. The molecule has 0 spiro atoms. The van der Waals surface area contributed by atoms with Gasteiger partial charge in [0.05, 0.1) is 33.8 Å². The topological polar surface area (TPSA) is 111 Å². The molecule has 0 aliphatic carbocycles. The molecule has 0 saturated heterocycles. The Morgan fingerprint density at radius 1 is 0.486 bits per heavy atom. The number of hydrogen-bond acceptors (Lipinski definition) is 6. The van der Waals surface area contributed by atoms with E-state index in [2.05, 4.69) is 62.5 Å². The Balaban J connectivity index is 5.18. The van der Waals surface area contributed by atoms with E-state index in [0.29, 0.717) is 23.9 Å². The van der Waals surface area contributed by atoms with E-state index in [4.69, 9.17) is 13.8 Å². The molecule has 0 rings (SSSR count). The molecule has 434 valence electrons. The zero-order valence-electron chi connectivity index (χ0n) is 49.6. The van der Waals surface area contributed by atoms with Crippen molar-refractivity contribution >= 4 is 19.7 Å². The molecule has 9 nitrogen and oxygen atoms in total. The Labute approximate surface area is 458 Å². The van der Waals surface area contributed by atoms with Crippen LogP contribution in [0.25, 0.3) is 0 Å². The fourth-order valence-electron chi connectivity index (χ4n) is 9.24. The average molecular weight is 1060 g/mol. The van der Waals surface area contributed by atoms with Crippen molar-refractivity contribution in [1.29, 1.82) is 0 Å². The highest BCUT2D eigenvalue weighted by molar-refractivity contribution is 7.47. The number of amides is 1. The molecule has 0 saturated carbocycles. The number of ether oxygens (including phenoxy) is 1. The van der Waals surface area contributed by atoms with Crippen molar-refractivity contribution in [3.63, 3.8) is 0 Å². The summed E-state index contributed by atoms with van der Waals surface area (Å²) in [6.45, 7) is 6.90. The highest BCUT2D eigenvalue weighted by Crippen LogP contribution is 2.43. The number of phosphoric acid groups is 1. The smallest absolute Gasteiger partial charge is 0.456 e. The second-order valence-electron chi connectivity index (χ2n) is 22.6. The molecule has 3 unspecified atom stereocenters. The fourth-order valence-corrected chi connectivity index (χ4v) is 9.97. The summed E-state index contributed by atoms with van der Waals surface area (Å²) < 4.78 is 30.7. The van der Waals surface area contributed by atoms with Crippen LogP contribution in [0.3, 0.4) is 0 Å². The number of esters is 1. The molecule has 1 amide bonds. The van der Waals surface area contributed by atoms with Crippen molar-refractivity contribution in [3.8, 4) is 0 Å². The molecule has 0 radical (unpaired) electrons. The zero-order valence-corrected chi connectivity index (χ0v) is 50.5. The molecule has 0 heterocycles.